The molecule has 0 aromatic heterocycles. The van der Waals surface area contributed by atoms with E-state index in [1.165, 1.54) is 0 Å². The van der Waals surface area contributed by atoms with Crippen molar-refractivity contribution in [3.05, 3.63) is 58.7 Å². The van der Waals surface area contributed by atoms with E-state index in [4.69, 9.17) is 9.47 Å². The predicted molar refractivity (Wildman–Crippen MR) is 84.1 cm³/mol. The predicted octanol–water partition coefficient (Wildman–Crippen LogP) is 3.58. The number of rotatable bonds is 4. The van der Waals surface area contributed by atoms with E-state index in [9.17, 15) is 5.11 Å². The van der Waals surface area contributed by atoms with Gasteiger partial charge in [0.1, 0.15) is 17.1 Å². The summed E-state index contributed by atoms with van der Waals surface area (Å²) in [5.41, 5.74) is 2.44. The van der Waals surface area contributed by atoms with Crippen LogP contribution >= 0.6 is 0 Å². The van der Waals surface area contributed by atoms with E-state index in [0.717, 1.165) is 28.0 Å². The zero-order valence-electron chi connectivity index (χ0n) is 13.2. The van der Waals surface area contributed by atoms with Crippen LogP contribution in [0.2, 0.25) is 0 Å². The lowest BCUT2D eigenvalue weighted by atomic mass is 9.84. The summed E-state index contributed by atoms with van der Waals surface area (Å²) in [5.74, 6) is 1.50. The van der Waals surface area contributed by atoms with Gasteiger partial charge in [0.15, 0.2) is 0 Å². The molecule has 3 nitrogen and oxygen atoms in total. The number of para-hydroxylation sites is 1. The molecule has 0 fully saturated rings. The van der Waals surface area contributed by atoms with E-state index in [-0.39, 0.29) is 0 Å². The van der Waals surface area contributed by atoms with E-state index >= 15 is 0 Å². The summed E-state index contributed by atoms with van der Waals surface area (Å²) in [5, 5.41) is 11.1. The summed E-state index contributed by atoms with van der Waals surface area (Å²) in [4.78, 5) is 0. The third kappa shape index (κ3) is 2.74. The zero-order valence-corrected chi connectivity index (χ0v) is 13.2. The van der Waals surface area contributed by atoms with Crippen LogP contribution in [-0.4, -0.2) is 19.3 Å². The van der Waals surface area contributed by atoms with Crippen molar-refractivity contribution in [1.29, 1.82) is 0 Å². The summed E-state index contributed by atoms with van der Waals surface area (Å²) in [6, 6.07) is 11.5. The summed E-state index contributed by atoms with van der Waals surface area (Å²) in [6.45, 7) is 5.74. The molecule has 0 aliphatic carbocycles. The van der Waals surface area contributed by atoms with E-state index in [1.54, 1.807) is 21.1 Å². The van der Waals surface area contributed by atoms with Gasteiger partial charge in [-0.3, -0.25) is 0 Å². The van der Waals surface area contributed by atoms with Gasteiger partial charge in [-0.15, -0.1) is 0 Å². The van der Waals surface area contributed by atoms with Crippen LogP contribution in [0.5, 0.6) is 11.5 Å². The highest BCUT2D eigenvalue weighted by Gasteiger charge is 2.30. The minimum atomic E-state index is -1.13. The molecular formula is C18H22O3. The Morgan fingerprint density at radius 2 is 1.48 bits per heavy atom. The zero-order chi connectivity index (χ0) is 15.6. The summed E-state index contributed by atoms with van der Waals surface area (Å²) >= 11 is 0. The first-order valence-corrected chi connectivity index (χ1v) is 6.93. The molecule has 0 radical (unpaired) electrons. The summed E-state index contributed by atoms with van der Waals surface area (Å²) in [6.07, 6.45) is 0. The number of methoxy groups -OCH3 is 2. The molecule has 0 amide bonds. The van der Waals surface area contributed by atoms with Crippen LogP contribution in [0.15, 0.2) is 36.4 Å². The molecule has 0 saturated carbocycles. The highest BCUT2D eigenvalue weighted by atomic mass is 16.5. The van der Waals surface area contributed by atoms with Crippen molar-refractivity contribution in [1.82, 2.24) is 0 Å². The van der Waals surface area contributed by atoms with Crippen molar-refractivity contribution in [3.63, 3.8) is 0 Å². The molecule has 112 valence electrons. The fourth-order valence-corrected chi connectivity index (χ4v) is 2.73. The minimum absolute atomic E-state index is 0.676. The lowest BCUT2D eigenvalue weighted by Gasteiger charge is -2.28. The van der Waals surface area contributed by atoms with Crippen molar-refractivity contribution in [3.8, 4) is 11.5 Å². The SMILES string of the molecule is COc1cc(C)c(C(C)(O)c2ccccc2OC)cc1C. The largest absolute Gasteiger partial charge is 0.496 e. The number of aliphatic hydroxyl groups is 1. The average Bonchev–Trinajstić information content (AvgIpc) is 2.48. The molecule has 2 aromatic rings. The lowest BCUT2D eigenvalue weighted by molar-refractivity contribution is 0.0981. The van der Waals surface area contributed by atoms with Crippen molar-refractivity contribution < 1.29 is 14.6 Å². The van der Waals surface area contributed by atoms with Gasteiger partial charge in [0.05, 0.1) is 14.2 Å². The highest BCUT2D eigenvalue weighted by Crippen LogP contribution is 2.38. The van der Waals surface area contributed by atoms with Crippen molar-refractivity contribution in [2.45, 2.75) is 26.4 Å². The average molecular weight is 286 g/mol. The molecule has 21 heavy (non-hydrogen) atoms. The Kier molecular flexibility index (Phi) is 4.24. The third-order valence-electron chi connectivity index (χ3n) is 3.90. The molecular weight excluding hydrogens is 264 g/mol. The molecule has 0 heterocycles. The molecule has 1 atom stereocenters. The first kappa shape index (κ1) is 15.4. The van der Waals surface area contributed by atoms with Crippen molar-refractivity contribution >= 4 is 0 Å². The number of hydrogen-bond donors (Lipinski definition) is 1. The Morgan fingerprint density at radius 3 is 2.10 bits per heavy atom. The molecule has 0 aliphatic heterocycles. The molecule has 0 aliphatic rings. The van der Waals surface area contributed by atoms with Gasteiger partial charge in [0.25, 0.3) is 0 Å². The van der Waals surface area contributed by atoms with E-state index in [1.807, 2.05) is 50.2 Å². The Balaban J connectivity index is 2.61. The molecule has 2 aromatic carbocycles. The maximum atomic E-state index is 11.1. The van der Waals surface area contributed by atoms with Gasteiger partial charge in [-0.05, 0) is 55.7 Å². The van der Waals surface area contributed by atoms with Gasteiger partial charge in [-0.25, -0.2) is 0 Å². The van der Waals surface area contributed by atoms with Crippen molar-refractivity contribution in [2.75, 3.05) is 14.2 Å². The van der Waals surface area contributed by atoms with Crippen LogP contribution in [-0.2, 0) is 5.60 Å². The number of aryl methyl sites for hydroxylation is 2. The van der Waals surface area contributed by atoms with Crippen LogP contribution in [0, 0.1) is 13.8 Å². The van der Waals surface area contributed by atoms with Crippen molar-refractivity contribution in [2.24, 2.45) is 0 Å². The second kappa shape index (κ2) is 5.78. The third-order valence-corrected chi connectivity index (χ3v) is 3.90. The standard InChI is InChI=1S/C18H22O3/c1-12-11-17(21-5)13(2)10-15(12)18(3,19)14-8-6-7-9-16(14)20-4/h6-11,19H,1-5H3. The quantitative estimate of drug-likeness (QED) is 0.933. The van der Waals surface area contributed by atoms with Gasteiger partial charge < -0.3 is 14.6 Å². The second-order valence-electron chi connectivity index (χ2n) is 5.41. The van der Waals surface area contributed by atoms with Gasteiger partial charge in [-0.2, -0.15) is 0 Å². The normalized spacial score (nSPS) is 13.6. The Bertz CT molecular complexity index is 645. The van der Waals surface area contributed by atoms with Gasteiger partial charge >= 0.3 is 0 Å². The first-order chi connectivity index (χ1) is 9.91. The number of benzene rings is 2. The van der Waals surface area contributed by atoms with E-state index in [0.29, 0.717) is 5.75 Å². The molecule has 2 rings (SSSR count). The maximum Gasteiger partial charge on any atom is 0.125 e. The number of hydrogen-bond acceptors (Lipinski definition) is 3. The fraction of sp³-hybridized carbons (Fsp3) is 0.333. The smallest absolute Gasteiger partial charge is 0.125 e. The van der Waals surface area contributed by atoms with Gasteiger partial charge in [0, 0.05) is 5.56 Å². The van der Waals surface area contributed by atoms with Gasteiger partial charge in [-0.1, -0.05) is 18.2 Å². The summed E-state index contributed by atoms with van der Waals surface area (Å²) in [7, 11) is 3.26. The minimum Gasteiger partial charge on any atom is -0.496 e. The molecule has 0 spiro atoms. The lowest BCUT2D eigenvalue weighted by Crippen LogP contribution is -2.25. The van der Waals surface area contributed by atoms with Gasteiger partial charge in [0.2, 0.25) is 0 Å². The van der Waals surface area contributed by atoms with E-state index < -0.39 is 5.60 Å². The Labute approximate surface area is 126 Å². The van der Waals surface area contributed by atoms with Crippen LogP contribution in [0.3, 0.4) is 0 Å². The molecule has 3 heteroatoms. The highest BCUT2D eigenvalue weighted by molar-refractivity contribution is 5.50. The Hall–Kier alpha value is -2.00. The number of ether oxygens (including phenoxy) is 2. The molecule has 1 N–H and O–H groups in total. The Morgan fingerprint density at radius 1 is 0.857 bits per heavy atom. The fourth-order valence-electron chi connectivity index (χ4n) is 2.73. The monoisotopic (exact) mass is 286 g/mol. The van der Waals surface area contributed by atoms with Crippen LogP contribution in [0.25, 0.3) is 0 Å². The topological polar surface area (TPSA) is 38.7 Å². The second-order valence-corrected chi connectivity index (χ2v) is 5.41. The summed E-state index contributed by atoms with van der Waals surface area (Å²) < 4.78 is 10.7. The van der Waals surface area contributed by atoms with E-state index in [2.05, 4.69) is 0 Å². The van der Waals surface area contributed by atoms with Crippen LogP contribution < -0.4 is 9.47 Å². The van der Waals surface area contributed by atoms with Crippen LogP contribution in [0.1, 0.15) is 29.2 Å². The molecule has 1 unspecified atom stereocenters. The molecule has 0 bridgehead atoms. The molecule has 0 saturated heterocycles. The maximum absolute atomic E-state index is 11.1. The first-order valence-electron chi connectivity index (χ1n) is 6.93. The van der Waals surface area contributed by atoms with Crippen LogP contribution in [0.4, 0.5) is 0 Å².